The largest absolute Gasteiger partial charge is 0.423 e. The Hall–Kier alpha value is -1.71. The fourth-order valence-corrected chi connectivity index (χ4v) is 1.52. The van der Waals surface area contributed by atoms with E-state index in [1.165, 1.54) is 0 Å². The molecule has 0 bridgehead atoms. The normalized spacial score (nSPS) is 10.8. The summed E-state index contributed by atoms with van der Waals surface area (Å²) in [5.41, 5.74) is 7.96. The molecule has 1 aromatic heterocycles. The predicted molar refractivity (Wildman–Crippen MR) is 62.0 cm³/mol. The Morgan fingerprint density at radius 2 is 2.27 bits per heavy atom. The summed E-state index contributed by atoms with van der Waals surface area (Å²) < 4.78 is 5.60. The van der Waals surface area contributed by atoms with Crippen LogP contribution in [-0.2, 0) is 0 Å². The second-order valence-electron chi connectivity index (χ2n) is 3.65. The van der Waals surface area contributed by atoms with Gasteiger partial charge in [-0.3, -0.25) is 0 Å². The molecule has 0 atom stereocenters. The van der Waals surface area contributed by atoms with Crippen LogP contribution in [0, 0.1) is 0 Å². The molecule has 2 rings (SSSR count). The molecule has 0 spiro atoms. The molecule has 0 fully saturated rings. The Kier molecular flexibility index (Phi) is 2.49. The molecule has 0 saturated carbocycles. The van der Waals surface area contributed by atoms with Crippen LogP contribution in [0.2, 0.25) is 0 Å². The van der Waals surface area contributed by atoms with Crippen LogP contribution in [0.4, 0.5) is 11.7 Å². The van der Waals surface area contributed by atoms with Crippen molar-refractivity contribution in [1.29, 1.82) is 0 Å². The van der Waals surface area contributed by atoms with Gasteiger partial charge in [-0.05, 0) is 18.6 Å². The highest BCUT2D eigenvalue weighted by molar-refractivity contribution is 5.78. The molecule has 0 unspecified atom stereocenters. The van der Waals surface area contributed by atoms with E-state index >= 15 is 0 Å². The second-order valence-corrected chi connectivity index (χ2v) is 3.65. The Balaban J connectivity index is 2.38. The summed E-state index contributed by atoms with van der Waals surface area (Å²) >= 11 is 0. The first-order valence-corrected chi connectivity index (χ1v) is 5.08. The third-order valence-corrected chi connectivity index (χ3v) is 2.29. The van der Waals surface area contributed by atoms with Crippen molar-refractivity contribution < 1.29 is 4.42 Å². The maximum atomic E-state index is 5.67. The zero-order chi connectivity index (χ0) is 10.8. The molecule has 2 aromatic rings. The van der Waals surface area contributed by atoms with Gasteiger partial charge in [0, 0.05) is 25.3 Å². The molecule has 2 N–H and O–H groups in total. The van der Waals surface area contributed by atoms with E-state index in [1.807, 2.05) is 24.1 Å². The smallest absolute Gasteiger partial charge is 0.298 e. The van der Waals surface area contributed by atoms with E-state index in [1.54, 1.807) is 6.07 Å². The summed E-state index contributed by atoms with van der Waals surface area (Å²) in [6.07, 6.45) is 1.07. The van der Waals surface area contributed by atoms with Gasteiger partial charge in [0.25, 0.3) is 6.01 Å². The number of nitrogens with zero attached hydrogens (tertiary/aromatic N) is 2. The van der Waals surface area contributed by atoms with Crippen LogP contribution in [0.25, 0.3) is 11.1 Å². The highest BCUT2D eigenvalue weighted by atomic mass is 16.4. The molecule has 0 aliphatic rings. The molecule has 1 aromatic carbocycles. The Morgan fingerprint density at radius 1 is 1.47 bits per heavy atom. The lowest BCUT2D eigenvalue weighted by molar-refractivity contribution is 0.581. The SMILES string of the molecule is CCCN(C)c1nc2ccc(N)cc2o1. The first-order chi connectivity index (χ1) is 7.20. The van der Waals surface area contributed by atoms with Gasteiger partial charge in [0.05, 0.1) is 0 Å². The summed E-state index contributed by atoms with van der Waals surface area (Å²) in [6, 6.07) is 6.15. The minimum atomic E-state index is 0.650. The van der Waals surface area contributed by atoms with Gasteiger partial charge in [0.2, 0.25) is 0 Å². The summed E-state index contributed by atoms with van der Waals surface area (Å²) in [6.45, 7) is 3.06. The average Bonchev–Trinajstić information content (AvgIpc) is 2.60. The zero-order valence-electron chi connectivity index (χ0n) is 9.03. The lowest BCUT2D eigenvalue weighted by Crippen LogP contribution is -2.17. The monoisotopic (exact) mass is 205 g/mol. The van der Waals surface area contributed by atoms with Gasteiger partial charge in [0.15, 0.2) is 5.58 Å². The van der Waals surface area contributed by atoms with Crippen molar-refractivity contribution in [3.8, 4) is 0 Å². The van der Waals surface area contributed by atoms with Crippen LogP contribution in [0.1, 0.15) is 13.3 Å². The molecule has 80 valence electrons. The minimum absolute atomic E-state index is 0.650. The number of oxazole rings is 1. The fraction of sp³-hybridized carbons (Fsp3) is 0.364. The third-order valence-electron chi connectivity index (χ3n) is 2.29. The van der Waals surface area contributed by atoms with E-state index in [0.717, 1.165) is 24.1 Å². The van der Waals surface area contributed by atoms with Gasteiger partial charge < -0.3 is 15.1 Å². The van der Waals surface area contributed by atoms with Crippen LogP contribution >= 0.6 is 0 Å². The van der Waals surface area contributed by atoms with Gasteiger partial charge in [-0.25, -0.2) is 0 Å². The number of benzene rings is 1. The summed E-state index contributed by atoms with van der Waals surface area (Å²) in [7, 11) is 1.97. The molecular formula is C11H15N3O. The molecule has 15 heavy (non-hydrogen) atoms. The lowest BCUT2D eigenvalue weighted by atomic mass is 10.3. The van der Waals surface area contributed by atoms with Crippen LogP contribution in [-0.4, -0.2) is 18.6 Å². The number of fused-ring (bicyclic) bond motifs is 1. The Labute approximate surface area is 88.7 Å². The van der Waals surface area contributed by atoms with Gasteiger partial charge in [-0.2, -0.15) is 4.98 Å². The van der Waals surface area contributed by atoms with E-state index in [4.69, 9.17) is 10.2 Å². The van der Waals surface area contributed by atoms with Crippen LogP contribution in [0.5, 0.6) is 0 Å². The number of aromatic nitrogens is 1. The van der Waals surface area contributed by atoms with Crippen LogP contribution in [0.15, 0.2) is 22.6 Å². The fourth-order valence-electron chi connectivity index (χ4n) is 1.52. The molecule has 0 radical (unpaired) electrons. The van der Waals surface area contributed by atoms with Gasteiger partial charge in [-0.1, -0.05) is 6.92 Å². The van der Waals surface area contributed by atoms with Crippen molar-refractivity contribution in [2.45, 2.75) is 13.3 Å². The molecule has 0 amide bonds. The van der Waals surface area contributed by atoms with E-state index in [9.17, 15) is 0 Å². The number of hydrogen-bond donors (Lipinski definition) is 1. The van der Waals surface area contributed by atoms with E-state index < -0.39 is 0 Å². The maximum Gasteiger partial charge on any atom is 0.298 e. The van der Waals surface area contributed by atoms with Crippen molar-refractivity contribution >= 4 is 22.8 Å². The predicted octanol–water partition coefficient (Wildman–Crippen LogP) is 2.26. The lowest BCUT2D eigenvalue weighted by Gasteiger charge is -2.11. The van der Waals surface area contributed by atoms with Gasteiger partial charge >= 0.3 is 0 Å². The molecular weight excluding hydrogens is 190 g/mol. The highest BCUT2D eigenvalue weighted by Crippen LogP contribution is 2.22. The summed E-state index contributed by atoms with van der Waals surface area (Å²) in [5, 5.41) is 0. The number of nitrogens with two attached hydrogens (primary N) is 1. The van der Waals surface area contributed by atoms with Crippen LogP contribution < -0.4 is 10.6 Å². The average molecular weight is 205 g/mol. The van der Waals surface area contributed by atoms with Crippen molar-refractivity contribution in [1.82, 2.24) is 4.98 Å². The van der Waals surface area contributed by atoms with E-state index in [-0.39, 0.29) is 0 Å². The molecule has 0 saturated heterocycles. The Morgan fingerprint density at radius 3 is 3.00 bits per heavy atom. The molecule has 1 heterocycles. The van der Waals surface area contributed by atoms with Gasteiger partial charge in [-0.15, -0.1) is 0 Å². The van der Waals surface area contributed by atoms with E-state index in [0.29, 0.717) is 11.7 Å². The standard InChI is InChI=1S/C11H15N3O/c1-3-6-14(2)11-13-9-5-4-8(12)7-10(9)15-11/h4-5,7H,3,6,12H2,1-2H3. The van der Waals surface area contributed by atoms with Crippen molar-refractivity contribution in [2.24, 2.45) is 0 Å². The quantitative estimate of drug-likeness (QED) is 0.781. The molecule has 0 aliphatic carbocycles. The number of rotatable bonds is 3. The second kappa shape index (κ2) is 3.81. The zero-order valence-corrected chi connectivity index (χ0v) is 9.03. The first kappa shape index (κ1) is 9.83. The van der Waals surface area contributed by atoms with Gasteiger partial charge in [0.1, 0.15) is 5.52 Å². The Bertz CT molecular complexity index is 464. The van der Waals surface area contributed by atoms with Crippen molar-refractivity contribution in [3.05, 3.63) is 18.2 Å². The van der Waals surface area contributed by atoms with Crippen molar-refractivity contribution in [3.63, 3.8) is 0 Å². The summed E-state index contributed by atoms with van der Waals surface area (Å²) in [5.74, 6) is 0. The topological polar surface area (TPSA) is 55.3 Å². The molecule has 4 nitrogen and oxygen atoms in total. The third kappa shape index (κ3) is 1.88. The highest BCUT2D eigenvalue weighted by Gasteiger charge is 2.09. The molecule has 4 heteroatoms. The number of hydrogen-bond acceptors (Lipinski definition) is 4. The first-order valence-electron chi connectivity index (χ1n) is 5.08. The number of nitrogen functional groups attached to an aromatic ring is 1. The van der Waals surface area contributed by atoms with E-state index in [2.05, 4.69) is 11.9 Å². The maximum absolute atomic E-state index is 5.67. The number of anilines is 2. The van der Waals surface area contributed by atoms with Crippen LogP contribution in [0.3, 0.4) is 0 Å². The summed E-state index contributed by atoms with van der Waals surface area (Å²) in [4.78, 5) is 6.37. The minimum Gasteiger partial charge on any atom is -0.423 e. The van der Waals surface area contributed by atoms with Crippen molar-refractivity contribution in [2.75, 3.05) is 24.2 Å². The molecule has 0 aliphatic heterocycles.